The van der Waals surface area contributed by atoms with Crippen LogP contribution in [0.1, 0.15) is 20.8 Å². The number of carbonyl (C=O) groups excluding carboxylic acids is 1. The van der Waals surface area contributed by atoms with Gasteiger partial charge in [0, 0.05) is 11.9 Å². The fourth-order valence-corrected chi connectivity index (χ4v) is 3.99. The van der Waals surface area contributed by atoms with Crippen molar-refractivity contribution in [1.82, 2.24) is 14.8 Å². The zero-order valence-corrected chi connectivity index (χ0v) is 20.6. The summed E-state index contributed by atoms with van der Waals surface area (Å²) in [5.41, 5.74) is 7.18. The van der Waals surface area contributed by atoms with Gasteiger partial charge in [0.1, 0.15) is 18.4 Å². The highest BCUT2D eigenvalue weighted by molar-refractivity contribution is 9.09. The molecule has 1 aromatic heterocycles. The Labute approximate surface area is 202 Å². The van der Waals surface area contributed by atoms with E-state index in [1.165, 1.54) is 17.3 Å². The van der Waals surface area contributed by atoms with E-state index < -0.39 is 23.3 Å². The van der Waals surface area contributed by atoms with Crippen molar-refractivity contribution < 1.29 is 19.0 Å². The topological polar surface area (TPSA) is 101 Å². The summed E-state index contributed by atoms with van der Waals surface area (Å²) in [6.07, 6.45) is 1.78. The van der Waals surface area contributed by atoms with Gasteiger partial charge in [-0.05, 0) is 35.6 Å². The number of alkyl halides is 1. The Kier molecular flexibility index (Phi) is 8.10. The average Bonchev–Trinajstić information content (AvgIpc) is 3.35. The van der Waals surface area contributed by atoms with Crippen molar-refractivity contribution in [3.05, 3.63) is 67.3 Å². The van der Waals surface area contributed by atoms with Gasteiger partial charge in [-0.3, -0.25) is 0 Å². The minimum Gasteiger partial charge on any atom is -0.433 e. The van der Waals surface area contributed by atoms with Gasteiger partial charge in [0.05, 0.1) is 12.5 Å². The lowest BCUT2D eigenvalue weighted by atomic mass is 9.78. The summed E-state index contributed by atoms with van der Waals surface area (Å²) in [5, 5.41) is 4.83. The lowest BCUT2D eigenvalue weighted by molar-refractivity contribution is -0.275. The third-order valence-corrected chi connectivity index (χ3v) is 6.87. The molecule has 0 saturated carbocycles. The summed E-state index contributed by atoms with van der Waals surface area (Å²) in [5.74, 6) is -1.77. The summed E-state index contributed by atoms with van der Waals surface area (Å²) in [7, 11) is 0. The van der Waals surface area contributed by atoms with Crippen molar-refractivity contribution in [3.63, 3.8) is 0 Å². The van der Waals surface area contributed by atoms with Crippen LogP contribution in [-0.2, 0) is 15.4 Å². The Morgan fingerprint density at radius 3 is 2.33 bits per heavy atom. The van der Waals surface area contributed by atoms with Crippen LogP contribution < -0.4 is 10.5 Å². The molecule has 176 valence electrons. The van der Waals surface area contributed by atoms with E-state index in [0.29, 0.717) is 17.7 Å². The van der Waals surface area contributed by atoms with Crippen LogP contribution in [0.5, 0.6) is 5.75 Å². The molecule has 1 heterocycles. The predicted molar refractivity (Wildman–Crippen MR) is 129 cm³/mol. The van der Waals surface area contributed by atoms with E-state index >= 15 is 0 Å². The number of amides is 1. The zero-order valence-electron chi connectivity index (χ0n) is 19.0. The van der Waals surface area contributed by atoms with Crippen LogP contribution in [0.2, 0.25) is 0 Å². The van der Waals surface area contributed by atoms with Crippen LogP contribution in [0.4, 0.5) is 4.79 Å². The van der Waals surface area contributed by atoms with Crippen molar-refractivity contribution in [2.24, 2.45) is 17.1 Å². The molecule has 0 bridgehead atoms. The standard InChI is InChI=1S/C24H29BrN4O4/c1-4-31-14-21(23(2,3)15-25)24(33-22(26)30,29-17-27-16-28-29)32-20-12-10-19(11-13-20)18-8-6-5-7-9-18/h5-13,16-17,21H,4,14-15H2,1-3H3,(H2,26,30). The molecule has 2 atom stereocenters. The number of halogens is 1. The molecular formula is C24H29BrN4O4. The van der Waals surface area contributed by atoms with Crippen molar-refractivity contribution in [2.75, 3.05) is 18.5 Å². The maximum atomic E-state index is 12.1. The Hall–Kier alpha value is -2.91. The van der Waals surface area contributed by atoms with Crippen molar-refractivity contribution >= 4 is 22.0 Å². The molecule has 1 amide bonds. The molecule has 2 N–H and O–H groups in total. The summed E-state index contributed by atoms with van der Waals surface area (Å²) in [6.45, 7) is 6.63. The maximum Gasteiger partial charge on any atom is 0.409 e. The third kappa shape index (κ3) is 5.72. The highest BCUT2D eigenvalue weighted by Gasteiger charge is 2.54. The first kappa shape index (κ1) is 24.7. The quantitative estimate of drug-likeness (QED) is 0.290. The van der Waals surface area contributed by atoms with Crippen LogP contribution in [0.15, 0.2) is 67.3 Å². The lowest BCUT2D eigenvalue weighted by Gasteiger charge is -2.44. The molecule has 0 radical (unpaired) electrons. The summed E-state index contributed by atoms with van der Waals surface area (Å²) < 4.78 is 19.3. The van der Waals surface area contributed by atoms with Gasteiger partial charge in [-0.2, -0.15) is 9.78 Å². The van der Waals surface area contributed by atoms with E-state index in [0.717, 1.165) is 11.1 Å². The lowest BCUT2D eigenvalue weighted by Crippen LogP contribution is -2.57. The SMILES string of the molecule is CCOCC(C(C)(C)CBr)C(OC(N)=O)(Oc1ccc(-c2ccccc2)cc1)n1cncn1. The van der Waals surface area contributed by atoms with Gasteiger partial charge in [0.15, 0.2) is 0 Å². The summed E-state index contributed by atoms with van der Waals surface area (Å²) in [6, 6.07) is 17.5. The highest BCUT2D eigenvalue weighted by Crippen LogP contribution is 2.43. The van der Waals surface area contributed by atoms with Crippen LogP contribution in [-0.4, -0.2) is 39.4 Å². The highest BCUT2D eigenvalue weighted by atomic mass is 79.9. The molecule has 0 fully saturated rings. The molecule has 9 heteroatoms. The van der Waals surface area contributed by atoms with Gasteiger partial charge in [-0.1, -0.05) is 72.2 Å². The minimum atomic E-state index is -1.73. The van der Waals surface area contributed by atoms with Gasteiger partial charge in [0.25, 0.3) is 0 Å². The van der Waals surface area contributed by atoms with Crippen molar-refractivity contribution in [1.29, 1.82) is 0 Å². The van der Waals surface area contributed by atoms with Gasteiger partial charge in [-0.25, -0.2) is 9.78 Å². The molecule has 3 rings (SSSR count). The molecule has 0 saturated heterocycles. The first-order valence-electron chi connectivity index (χ1n) is 10.6. The minimum absolute atomic E-state index is 0.227. The van der Waals surface area contributed by atoms with Crippen LogP contribution in [0.3, 0.4) is 0 Å². The number of benzene rings is 2. The number of hydrogen-bond acceptors (Lipinski definition) is 6. The Balaban J connectivity index is 2.08. The molecule has 33 heavy (non-hydrogen) atoms. The van der Waals surface area contributed by atoms with Crippen LogP contribution >= 0.6 is 15.9 Å². The number of nitrogens with zero attached hydrogens (tertiary/aromatic N) is 3. The second kappa shape index (κ2) is 10.8. The molecule has 3 aromatic rings. The van der Waals surface area contributed by atoms with Gasteiger partial charge >= 0.3 is 12.0 Å². The molecule has 2 aromatic carbocycles. The third-order valence-electron chi connectivity index (χ3n) is 5.43. The van der Waals surface area contributed by atoms with E-state index in [9.17, 15) is 4.79 Å². The van der Waals surface area contributed by atoms with Crippen LogP contribution in [0, 0.1) is 11.3 Å². The van der Waals surface area contributed by atoms with E-state index in [4.69, 9.17) is 19.9 Å². The fourth-order valence-electron chi connectivity index (χ4n) is 3.60. The van der Waals surface area contributed by atoms with E-state index in [1.54, 1.807) is 0 Å². The Morgan fingerprint density at radius 1 is 1.12 bits per heavy atom. The molecular weight excluding hydrogens is 488 g/mol. The first-order valence-corrected chi connectivity index (χ1v) is 11.8. The van der Waals surface area contributed by atoms with E-state index in [2.05, 4.69) is 26.0 Å². The number of hydrogen-bond donors (Lipinski definition) is 1. The number of rotatable bonds is 11. The first-order chi connectivity index (χ1) is 15.8. The molecule has 0 aliphatic rings. The van der Waals surface area contributed by atoms with Crippen LogP contribution in [0.25, 0.3) is 11.1 Å². The second-order valence-electron chi connectivity index (χ2n) is 8.22. The molecule has 8 nitrogen and oxygen atoms in total. The Bertz CT molecular complexity index is 1010. The molecule has 0 aliphatic carbocycles. The van der Waals surface area contributed by atoms with Crippen molar-refractivity contribution in [2.45, 2.75) is 26.7 Å². The normalized spacial score (nSPS) is 14.3. The number of ether oxygens (including phenoxy) is 3. The van der Waals surface area contributed by atoms with Gasteiger partial charge < -0.3 is 19.9 Å². The summed E-state index contributed by atoms with van der Waals surface area (Å²) in [4.78, 5) is 16.2. The largest absolute Gasteiger partial charge is 0.433 e. The second-order valence-corrected chi connectivity index (χ2v) is 8.78. The van der Waals surface area contributed by atoms with Gasteiger partial charge in [0.2, 0.25) is 0 Å². The zero-order chi connectivity index (χ0) is 23.9. The smallest absolute Gasteiger partial charge is 0.409 e. The molecule has 0 spiro atoms. The number of aromatic nitrogens is 3. The number of carbonyl (C=O) groups is 1. The van der Waals surface area contributed by atoms with Gasteiger partial charge in [-0.15, -0.1) is 0 Å². The number of nitrogens with two attached hydrogens (primary N) is 1. The number of primary amides is 1. The summed E-state index contributed by atoms with van der Waals surface area (Å²) >= 11 is 3.58. The van der Waals surface area contributed by atoms with E-state index in [-0.39, 0.29) is 6.61 Å². The fraction of sp³-hybridized carbons (Fsp3) is 0.375. The maximum absolute atomic E-state index is 12.1. The van der Waals surface area contributed by atoms with E-state index in [1.807, 2.05) is 75.4 Å². The molecule has 0 aliphatic heterocycles. The predicted octanol–water partition coefficient (Wildman–Crippen LogP) is 4.80. The Morgan fingerprint density at radius 2 is 1.79 bits per heavy atom. The average molecular weight is 517 g/mol. The monoisotopic (exact) mass is 516 g/mol. The van der Waals surface area contributed by atoms with Crippen molar-refractivity contribution in [3.8, 4) is 16.9 Å². The molecule has 2 unspecified atom stereocenters.